The lowest BCUT2D eigenvalue weighted by Crippen LogP contribution is -2.55. The fourth-order valence-corrected chi connectivity index (χ4v) is 3.22. The largest absolute Gasteiger partial charge is 0.377 e. The number of aromatic nitrogens is 3. The molecule has 1 fully saturated rings. The third kappa shape index (κ3) is 3.99. The number of hydrogen-bond acceptors (Lipinski definition) is 6. The number of rotatable bonds is 7. The zero-order valence-electron chi connectivity index (χ0n) is 15.5. The van der Waals surface area contributed by atoms with Crippen molar-refractivity contribution in [3.8, 4) is 11.3 Å². The molecule has 1 aliphatic rings. The molecule has 27 heavy (non-hydrogen) atoms. The number of carbonyl (C=O) groups is 1. The van der Waals surface area contributed by atoms with Gasteiger partial charge in [0, 0.05) is 49.9 Å². The van der Waals surface area contributed by atoms with Crippen molar-refractivity contribution in [3.63, 3.8) is 0 Å². The first-order chi connectivity index (χ1) is 13.0. The van der Waals surface area contributed by atoms with Crippen molar-refractivity contribution in [1.82, 2.24) is 19.9 Å². The lowest BCUT2D eigenvalue weighted by Gasteiger charge is -2.43. The number of nitrogens with zero attached hydrogens (tertiary/aromatic N) is 3. The molecule has 1 atom stereocenters. The van der Waals surface area contributed by atoms with E-state index in [2.05, 4.69) is 39.1 Å². The average molecular weight is 368 g/mol. The molecule has 1 unspecified atom stereocenters. The highest BCUT2D eigenvalue weighted by molar-refractivity contribution is 5.87. The molecule has 142 valence electrons. The van der Waals surface area contributed by atoms with Crippen LogP contribution in [0.2, 0.25) is 0 Å². The van der Waals surface area contributed by atoms with Gasteiger partial charge >= 0.3 is 0 Å². The van der Waals surface area contributed by atoms with E-state index in [-0.39, 0.29) is 17.5 Å². The minimum Gasteiger partial charge on any atom is -0.377 e. The smallest absolute Gasteiger partial charge is 0.271 e. The molecule has 2 aromatic heterocycles. The van der Waals surface area contributed by atoms with Crippen LogP contribution in [0.1, 0.15) is 13.3 Å². The molecule has 3 heterocycles. The van der Waals surface area contributed by atoms with E-state index in [9.17, 15) is 9.59 Å². The SMILES string of the molecule is C=CC(=O)N1CC(C(CC)Nc2cc(-c3cc(NC)ncn3)c[nH]c2=O)C1. The van der Waals surface area contributed by atoms with Gasteiger partial charge in [0.05, 0.1) is 5.69 Å². The molecule has 1 amide bonds. The molecule has 3 rings (SSSR count). The molecule has 8 nitrogen and oxygen atoms in total. The Hall–Kier alpha value is -3.16. The molecule has 2 aromatic rings. The Morgan fingerprint density at radius 3 is 2.89 bits per heavy atom. The van der Waals surface area contributed by atoms with Crippen molar-refractivity contribution in [2.45, 2.75) is 19.4 Å². The zero-order chi connectivity index (χ0) is 19.4. The number of amides is 1. The highest BCUT2D eigenvalue weighted by atomic mass is 16.2. The maximum absolute atomic E-state index is 12.3. The molecule has 0 bridgehead atoms. The quantitative estimate of drug-likeness (QED) is 0.643. The maximum Gasteiger partial charge on any atom is 0.271 e. The number of aromatic amines is 1. The van der Waals surface area contributed by atoms with Crippen molar-refractivity contribution in [1.29, 1.82) is 0 Å². The predicted octanol–water partition coefficient (Wildman–Crippen LogP) is 1.71. The van der Waals surface area contributed by atoms with Gasteiger partial charge < -0.3 is 20.5 Å². The predicted molar refractivity (Wildman–Crippen MR) is 106 cm³/mol. The number of H-pyrrole nitrogens is 1. The van der Waals surface area contributed by atoms with Crippen LogP contribution in [0.25, 0.3) is 11.3 Å². The van der Waals surface area contributed by atoms with Crippen molar-refractivity contribution in [3.05, 3.63) is 47.7 Å². The van der Waals surface area contributed by atoms with Crippen LogP contribution in [0.3, 0.4) is 0 Å². The first-order valence-corrected chi connectivity index (χ1v) is 8.96. The minimum absolute atomic E-state index is 0.0509. The number of carbonyl (C=O) groups excluding carboxylic acids is 1. The fourth-order valence-electron chi connectivity index (χ4n) is 3.22. The monoisotopic (exact) mass is 368 g/mol. The van der Waals surface area contributed by atoms with E-state index in [0.717, 1.165) is 12.0 Å². The third-order valence-corrected chi connectivity index (χ3v) is 4.87. The Balaban J connectivity index is 1.77. The van der Waals surface area contributed by atoms with Gasteiger partial charge in [-0.15, -0.1) is 0 Å². The number of nitrogens with one attached hydrogen (secondary N) is 3. The Morgan fingerprint density at radius 1 is 1.44 bits per heavy atom. The van der Waals surface area contributed by atoms with E-state index in [4.69, 9.17) is 0 Å². The highest BCUT2D eigenvalue weighted by Crippen LogP contribution is 2.25. The summed E-state index contributed by atoms with van der Waals surface area (Å²) < 4.78 is 0. The highest BCUT2D eigenvalue weighted by Gasteiger charge is 2.34. The van der Waals surface area contributed by atoms with E-state index < -0.39 is 0 Å². The van der Waals surface area contributed by atoms with Gasteiger partial charge in [-0.05, 0) is 18.6 Å². The van der Waals surface area contributed by atoms with Gasteiger partial charge in [0.1, 0.15) is 17.8 Å². The summed E-state index contributed by atoms with van der Waals surface area (Å²) in [6, 6.07) is 3.72. The third-order valence-electron chi connectivity index (χ3n) is 4.87. The molecule has 1 aliphatic heterocycles. The first-order valence-electron chi connectivity index (χ1n) is 8.96. The van der Waals surface area contributed by atoms with Crippen LogP contribution in [-0.4, -0.2) is 51.9 Å². The number of hydrogen-bond donors (Lipinski definition) is 3. The summed E-state index contributed by atoms with van der Waals surface area (Å²) in [6.07, 6.45) is 5.31. The van der Waals surface area contributed by atoms with Crippen molar-refractivity contribution >= 4 is 17.4 Å². The van der Waals surface area contributed by atoms with Gasteiger partial charge in [-0.25, -0.2) is 9.97 Å². The summed E-state index contributed by atoms with van der Waals surface area (Å²) in [7, 11) is 1.79. The normalized spacial score (nSPS) is 15.0. The van der Waals surface area contributed by atoms with Crippen LogP contribution in [0.15, 0.2) is 42.1 Å². The fraction of sp³-hybridized carbons (Fsp3) is 0.368. The second kappa shape index (κ2) is 8.03. The van der Waals surface area contributed by atoms with Crippen molar-refractivity contribution in [2.24, 2.45) is 5.92 Å². The second-order valence-electron chi connectivity index (χ2n) is 6.54. The first kappa shape index (κ1) is 18.6. The average Bonchev–Trinajstić information content (AvgIpc) is 2.67. The molecule has 0 aromatic carbocycles. The second-order valence-corrected chi connectivity index (χ2v) is 6.54. The molecular formula is C19H24N6O2. The van der Waals surface area contributed by atoms with E-state index in [1.165, 1.54) is 12.4 Å². The molecule has 0 saturated carbocycles. The lowest BCUT2D eigenvalue weighted by atomic mass is 9.89. The Labute approximate surface area is 157 Å². The summed E-state index contributed by atoms with van der Waals surface area (Å²) in [5.41, 5.74) is 1.83. The summed E-state index contributed by atoms with van der Waals surface area (Å²) >= 11 is 0. The number of pyridine rings is 1. The van der Waals surface area contributed by atoms with Crippen molar-refractivity contribution < 1.29 is 4.79 Å². The number of anilines is 2. The van der Waals surface area contributed by atoms with Gasteiger partial charge in [0.2, 0.25) is 5.91 Å². The molecule has 0 radical (unpaired) electrons. The van der Waals surface area contributed by atoms with Crippen molar-refractivity contribution in [2.75, 3.05) is 30.8 Å². The van der Waals surface area contributed by atoms with Crippen LogP contribution < -0.4 is 16.2 Å². The molecule has 1 saturated heterocycles. The Morgan fingerprint density at radius 2 is 2.22 bits per heavy atom. The van der Waals surface area contributed by atoms with Crippen LogP contribution in [-0.2, 0) is 4.79 Å². The van der Waals surface area contributed by atoms with Crippen LogP contribution in [0, 0.1) is 5.92 Å². The van der Waals surface area contributed by atoms with E-state index in [1.54, 1.807) is 24.2 Å². The van der Waals surface area contributed by atoms with E-state index in [0.29, 0.717) is 36.2 Å². The lowest BCUT2D eigenvalue weighted by molar-refractivity contribution is -0.132. The van der Waals surface area contributed by atoms with Gasteiger partial charge in [-0.2, -0.15) is 0 Å². The molecule has 0 aliphatic carbocycles. The summed E-state index contributed by atoms with van der Waals surface area (Å²) in [6.45, 7) is 6.93. The van der Waals surface area contributed by atoms with Gasteiger partial charge in [0.15, 0.2) is 0 Å². The minimum atomic E-state index is -0.182. The maximum atomic E-state index is 12.3. The Kier molecular flexibility index (Phi) is 5.54. The van der Waals surface area contributed by atoms with Crippen LogP contribution in [0.5, 0.6) is 0 Å². The summed E-state index contributed by atoms with van der Waals surface area (Å²) in [5.74, 6) is 0.954. The summed E-state index contributed by atoms with van der Waals surface area (Å²) in [4.78, 5) is 36.8. The Bertz CT molecular complexity index is 888. The van der Waals surface area contributed by atoms with Crippen LogP contribution in [0.4, 0.5) is 11.5 Å². The molecule has 3 N–H and O–H groups in total. The molecule has 8 heteroatoms. The van der Waals surface area contributed by atoms with E-state index >= 15 is 0 Å². The number of likely N-dealkylation sites (tertiary alicyclic amines) is 1. The molecule has 0 spiro atoms. The van der Waals surface area contributed by atoms with Gasteiger partial charge in [-0.1, -0.05) is 13.5 Å². The van der Waals surface area contributed by atoms with Gasteiger partial charge in [0.25, 0.3) is 5.56 Å². The summed E-state index contributed by atoms with van der Waals surface area (Å²) in [5, 5.41) is 6.32. The topological polar surface area (TPSA) is 103 Å². The zero-order valence-corrected chi connectivity index (χ0v) is 15.5. The van der Waals surface area contributed by atoms with Gasteiger partial charge in [-0.3, -0.25) is 9.59 Å². The molecular weight excluding hydrogens is 344 g/mol. The van der Waals surface area contributed by atoms with E-state index in [1.807, 2.05) is 6.07 Å². The van der Waals surface area contributed by atoms with Crippen LogP contribution >= 0.6 is 0 Å². The standard InChI is InChI=1S/C19H24N6O2/c1-4-14(13-9-25(10-13)18(26)5-2)24-16-6-12(8-21-19(16)27)15-7-17(20-3)23-11-22-15/h5-8,11,13-14,24H,2,4,9-10H2,1,3H3,(H,21,27)(H,20,22,23).